The van der Waals surface area contributed by atoms with Gasteiger partial charge in [0.1, 0.15) is 0 Å². The quantitative estimate of drug-likeness (QED) is 0.231. The van der Waals surface area contributed by atoms with E-state index in [4.69, 9.17) is 0 Å². The molecule has 31 heavy (non-hydrogen) atoms. The number of aryl methyl sites for hydroxylation is 1. The first kappa shape index (κ1) is 27.2. The van der Waals surface area contributed by atoms with Crippen molar-refractivity contribution in [1.29, 1.82) is 0 Å². The lowest BCUT2D eigenvalue weighted by Crippen LogP contribution is -2.13. The lowest BCUT2D eigenvalue weighted by Gasteiger charge is -2.14. The van der Waals surface area contributed by atoms with Gasteiger partial charge in [-0.2, -0.15) is 0 Å². The number of unbranched alkanes of at least 4 members (excludes halogenated alkanes) is 11. The molecule has 0 aliphatic rings. The minimum atomic E-state index is -1.17. The number of rotatable bonds is 18. The molecule has 0 heterocycles. The van der Waals surface area contributed by atoms with E-state index in [2.05, 4.69) is 13.8 Å². The molecule has 1 aromatic rings. The smallest absolute Gasteiger partial charge is 0.336 e. The molecule has 0 saturated heterocycles. The Bertz CT molecular complexity index is 663. The molecule has 0 radical (unpaired) electrons. The van der Waals surface area contributed by atoms with Crippen molar-refractivity contribution in [3.05, 3.63) is 34.4 Å². The molecule has 0 bridgehead atoms. The molecule has 0 spiro atoms. The maximum atomic E-state index is 11.7. The summed E-state index contributed by atoms with van der Waals surface area (Å²) in [5.41, 5.74) is 1.55. The predicted molar refractivity (Wildman–Crippen MR) is 128 cm³/mol. The van der Waals surface area contributed by atoms with E-state index in [1.165, 1.54) is 70.3 Å². The van der Waals surface area contributed by atoms with Crippen LogP contribution in [0.25, 0.3) is 0 Å². The number of aromatic carboxylic acids is 2. The first-order chi connectivity index (χ1) is 14.9. The Morgan fingerprint density at radius 3 is 1.65 bits per heavy atom. The van der Waals surface area contributed by atoms with Gasteiger partial charge in [-0.05, 0) is 42.4 Å². The topological polar surface area (TPSA) is 74.6 Å². The summed E-state index contributed by atoms with van der Waals surface area (Å²) in [6.45, 7) is 6.58. The monoisotopic (exact) mass is 432 g/mol. The predicted octanol–water partition coefficient (Wildman–Crippen LogP) is 7.92. The Hall–Kier alpha value is -1.84. The fourth-order valence-electron chi connectivity index (χ4n) is 4.35. The third kappa shape index (κ3) is 10.8. The van der Waals surface area contributed by atoms with E-state index < -0.39 is 11.9 Å². The highest BCUT2D eigenvalue weighted by Gasteiger charge is 2.22. The molecule has 0 unspecified atom stereocenters. The zero-order valence-corrected chi connectivity index (χ0v) is 20.0. The van der Waals surface area contributed by atoms with Gasteiger partial charge in [0.25, 0.3) is 0 Å². The summed E-state index contributed by atoms with van der Waals surface area (Å²) in [6, 6.07) is 3.20. The van der Waals surface area contributed by atoms with Crippen LogP contribution in [0.5, 0.6) is 0 Å². The van der Waals surface area contributed by atoms with Gasteiger partial charge in [0.15, 0.2) is 0 Å². The Morgan fingerprint density at radius 2 is 1.23 bits per heavy atom. The summed E-state index contributed by atoms with van der Waals surface area (Å²) in [6.07, 6.45) is 17.9. The number of hydrogen-bond donors (Lipinski definition) is 2. The molecule has 0 amide bonds. The summed E-state index contributed by atoms with van der Waals surface area (Å²) >= 11 is 0. The summed E-state index contributed by atoms with van der Waals surface area (Å²) in [5, 5.41) is 18.9. The SMILES string of the molecule is CCc1ccc(C(=O)O)c(C(=O)O)c1CCCCCCCCCCCCCCC(C)C. The maximum Gasteiger partial charge on any atom is 0.336 e. The maximum absolute atomic E-state index is 11.7. The van der Waals surface area contributed by atoms with Crippen molar-refractivity contribution in [2.24, 2.45) is 5.92 Å². The average Bonchev–Trinajstić information content (AvgIpc) is 2.72. The van der Waals surface area contributed by atoms with Crippen LogP contribution in [0.2, 0.25) is 0 Å². The van der Waals surface area contributed by atoms with Crippen molar-refractivity contribution < 1.29 is 19.8 Å². The molecule has 0 aliphatic heterocycles. The Balaban J connectivity index is 2.23. The van der Waals surface area contributed by atoms with Crippen LogP contribution >= 0.6 is 0 Å². The van der Waals surface area contributed by atoms with E-state index in [9.17, 15) is 19.8 Å². The van der Waals surface area contributed by atoms with Crippen molar-refractivity contribution in [1.82, 2.24) is 0 Å². The Morgan fingerprint density at radius 1 is 0.742 bits per heavy atom. The molecule has 1 aromatic carbocycles. The summed E-state index contributed by atoms with van der Waals surface area (Å²) < 4.78 is 0. The molecule has 0 atom stereocenters. The second kappa shape index (κ2) is 15.9. The van der Waals surface area contributed by atoms with Crippen molar-refractivity contribution >= 4 is 11.9 Å². The minimum absolute atomic E-state index is 0.0175. The first-order valence-electron chi connectivity index (χ1n) is 12.5. The highest BCUT2D eigenvalue weighted by Crippen LogP contribution is 2.23. The Labute approximate surface area is 189 Å². The minimum Gasteiger partial charge on any atom is -0.478 e. The van der Waals surface area contributed by atoms with Crippen LogP contribution in [-0.4, -0.2) is 22.2 Å². The second-order valence-corrected chi connectivity index (χ2v) is 9.26. The van der Waals surface area contributed by atoms with Gasteiger partial charge in [0.2, 0.25) is 0 Å². The molecule has 0 aromatic heterocycles. The largest absolute Gasteiger partial charge is 0.478 e. The number of hydrogen-bond acceptors (Lipinski definition) is 2. The fourth-order valence-corrected chi connectivity index (χ4v) is 4.35. The third-order valence-electron chi connectivity index (χ3n) is 6.19. The molecular formula is C27H44O4. The zero-order valence-electron chi connectivity index (χ0n) is 20.0. The molecule has 0 saturated carbocycles. The lowest BCUT2D eigenvalue weighted by atomic mass is 9.90. The normalized spacial score (nSPS) is 11.2. The van der Waals surface area contributed by atoms with Gasteiger partial charge in [-0.3, -0.25) is 0 Å². The van der Waals surface area contributed by atoms with Crippen LogP contribution < -0.4 is 0 Å². The van der Waals surface area contributed by atoms with Gasteiger partial charge >= 0.3 is 11.9 Å². The molecule has 0 aliphatic carbocycles. The number of benzene rings is 1. The third-order valence-corrected chi connectivity index (χ3v) is 6.19. The Kier molecular flexibility index (Phi) is 13.9. The second-order valence-electron chi connectivity index (χ2n) is 9.26. The van der Waals surface area contributed by atoms with Crippen LogP contribution in [0.15, 0.2) is 12.1 Å². The van der Waals surface area contributed by atoms with E-state index in [1.54, 1.807) is 6.07 Å². The van der Waals surface area contributed by atoms with Gasteiger partial charge in [-0.1, -0.05) is 104 Å². The van der Waals surface area contributed by atoms with Crippen molar-refractivity contribution in [2.75, 3.05) is 0 Å². The number of carboxylic acids is 2. The molecule has 176 valence electrons. The fraction of sp³-hybridized carbons (Fsp3) is 0.704. The van der Waals surface area contributed by atoms with Crippen LogP contribution in [-0.2, 0) is 12.8 Å². The first-order valence-corrected chi connectivity index (χ1v) is 12.5. The average molecular weight is 433 g/mol. The van der Waals surface area contributed by atoms with Crippen molar-refractivity contribution in [2.45, 2.75) is 117 Å². The van der Waals surface area contributed by atoms with Gasteiger partial charge in [0.05, 0.1) is 11.1 Å². The van der Waals surface area contributed by atoms with Crippen molar-refractivity contribution in [3.63, 3.8) is 0 Å². The van der Waals surface area contributed by atoms with Gasteiger partial charge in [-0.25, -0.2) is 9.59 Å². The summed E-state index contributed by atoms with van der Waals surface area (Å²) in [7, 11) is 0. The number of carboxylic acid groups (broad SMARTS) is 2. The highest BCUT2D eigenvalue weighted by atomic mass is 16.4. The van der Waals surface area contributed by atoms with Crippen LogP contribution in [0.3, 0.4) is 0 Å². The van der Waals surface area contributed by atoms with Gasteiger partial charge < -0.3 is 10.2 Å². The zero-order chi connectivity index (χ0) is 23.1. The summed E-state index contributed by atoms with van der Waals surface area (Å²) in [5.74, 6) is -1.47. The van der Waals surface area contributed by atoms with Crippen molar-refractivity contribution in [3.8, 4) is 0 Å². The highest BCUT2D eigenvalue weighted by molar-refractivity contribution is 6.03. The van der Waals surface area contributed by atoms with Gasteiger partial charge in [-0.15, -0.1) is 0 Å². The molecule has 1 rings (SSSR count). The van der Waals surface area contributed by atoms with E-state index in [0.29, 0.717) is 18.4 Å². The van der Waals surface area contributed by atoms with E-state index in [0.717, 1.165) is 30.7 Å². The van der Waals surface area contributed by atoms with Crippen LogP contribution in [0.1, 0.15) is 136 Å². The van der Waals surface area contributed by atoms with E-state index >= 15 is 0 Å². The molecule has 0 fully saturated rings. The van der Waals surface area contributed by atoms with Crippen LogP contribution in [0.4, 0.5) is 0 Å². The van der Waals surface area contributed by atoms with Gasteiger partial charge in [0, 0.05) is 0 Å². The van der Waals surface area contributed by atoms with E-state index in [-0.39, 0.29) is 11.1 Å². The molecule has 4 heteroatoms. The molecule has 4 nitrogen and oxygen atoms in total. The van der Waals surface area contributed by atoms with Crippen LogP contribution in [0, 0.1) is 5.92 Å². The summed E-state index contributed by atoms with van der Waals surface area (Å²) in [4.78, 5) is 23.1. The lowest BCUT2D eigenvalue weighted by molar-refractivity contribution is 0.0650. The molecular weight excluding hydrogens is 388 g/mol. The van der Waals surface area contributed by atoms with E-state index in [1.807, 2.05) is 6.92 Å². The molecule has 2 N–H and O–H groups in total. The number of carbonyl (C=O) groups is 2. The standard InChI is InChI=1S/C27H44O4/c1-4-22-19-20-24(26(28)29)25(27(30)31)23(22)18-16-14-12-10-8-6-5-7-9-11-13-15-17-21(2)3/h19-21H,4-18H2,1-3H3,(H,28,29)(H,30,31).